The van der Waals surface area contributed by atoms with Gasteiger partial charge in [-0.3, -0.25) is 4.99 Å². The van der Waals surface area contributed by atoms with Gasteiger partial charge in [-0.15, -0.1) is 0 Å². The Hall–Kier alpha value is -1.71. The van der Waals surface area contributed by atoms with Crippen molar-refractivity contribution in [1.29, 1.82) is 0 Å². The molecule has 2 rings (SSSR count). The number of rotatable bonds is 6. The van der Waals surface area contributed by atoms with E-state index >= 15 is 0 Å². The number of hydrogen-bond donors (Lipinski definition) is 1. The van der Waals surface area contributed by atoms with Gasteiger partial charge in [-0.1, -0.05) is 25.0 Å². The Morgan fingerprint density at radius 2 is 2.05 bits per heavy atom. The van der Waals surface area contributed by atoms with Gasteiger partial charge in [0.2, 0.25) is 0 Å². The van der Waals surface area contributed by atoms with E-state index in [1.165, 1.54) is 24.8 Å². The number of nitrogens with one attached hydrogen (secondary N) is 1. The summed E-state index contributed by atoms with van der Waals surface area (Å²) in [6.07, 6.45) is 4.07. The van der Waals surface area contributed by atoms with Crippen LogP contribution in [0.1, 0.15) is 24.8 Å². The summed E-state index contributed by atoms with van der Waals surface area (Å²) >= 11 is 0. The van der Waals surface area contributed by atoms with Crippen molar-refractivity contribution in [3.63, 3.8) is 0 Å². The van der Waals surface area contributed by atoms with E-state index in [9.17, 15) is 0 Å². The van der Waals surface area contributed by atoms with E-state index < -0.39 is 0 Å². The fourth-order valence-corrected chi connectivity index (χ4v) is 2.26. The lowest BCUT2D eigenvalue weighted by molar-refractivity contribution is 0.414. The van der Waals surface area contributed by atoms with Crippen molar-refractivity contribution in [1.82, 2.24) is 10.2 Å². The van der Waals surface area contributed by atoms with Crippen LogP contribution in [0.2, 0.25) is 0 Å². The van der Waals surface area contributed by atoms with Crippen LogP contribution in [0.25, 0.3) is 0 Å². The lowest BCUT2D eigenvalue weighted by Crippen LogP contribution is -2.38. The third kappa shape index (κ3) is 4.44. The summed E-state index contributed by atoms with van der Waals surface area (Å²) in [7, 11) is 5.59. The van der Waals surface area contributed by atoms with Gasteiger partial charge in [-0.25, -0.2) is 0 Å². The van der Waals surface area contributed by atoms with Crippen molar-refractivity contribution in [3.8, 4) is 5.75 Å². The zero-order valence-corrected chi connectivity index (χ0v) is 12.7. The van der Waals surface area contributed by atoms with E-state index in [4.69, 9.17) is 4.74 Å². The van der Waals surface area contributed by atoms with Crippen LogP contribution < -0.4 is 10.1 Å². The van der Waals surface area contributed by atoms with Gasteiger partial charge in [-0.05, 0) is 30.0 Å². The Kier molecular flexibility index (Phi) is 5.27. The molecule has 1 aliphatic carbocycles. The summed E-state index contributed by atoms with van der Waals surface area (Å²) in [5, 5.41) is 3.43. The molecule has 4 heteroatoms. The molecule has 0 amide bonds. The first-order chi connectivity index (χ1) is 9.72. The second-order valence-corrected chi connectivity index (χ2v) is 5.41. The van der Waals surface area contributed by atoms with Gasteiger partial charge < -0.3 is 15.0 Å². The summed E-state index contributed by atoms with van der Waals surface area (Å²) in [5.74, 6) is 2.80. The maximum absolute atomic E-state index is 5.17. The molecule has 20 heavy (non-hydrogen) atoms. The number of benzene rings is 1. The summed E-state index contributed by atoms with van der Waals surface area (Å²) in [6.45, 7) is 1.86. The number of ether oxygens (including phenoxy) is 1. The maximum atomic E-state index is 5.17. The van der Waals surface area contributed by atoms with Crippen molar-refractivity contribution >= 4 is 5.96 Å². The molecule has 1 saturated carbocycles. The first-order valence-electron chi connectivity index (χ1n) is 7.27. The van der Waals surface area contributed by atoms with E-state index in [1.807, 2.05) is 19.2 Å². The standard InChI is InChI=1S/C16H25N3O/c1-17-16(18-11-10-13-4-5-13)19(2)12-14-6-8-15(20-3)9-7-14/h6-9,13H,4-5,10-12H2,1-3H3,(H,17,18). The molecular weight excluding hydrogens is 250 g/mol. The van der Waals surface area contributed by atoms with Crippen LogP contribution in [0.15, 0.2) is 29.3 Å². The minimum atomic E-state index is 0.840. The average molecular weight is 275 g/mol. The number of aliphatic imine (C=N–C) groups is 1. The summed E-state index contributed by atoms with van der Waals surface area (Å²) < 4.78 is 5.17. The zero-order chi connectivity index (χ0) is 14.4. The van der Waals surface area contributed by atoms with Crippen LogP contribution >= 0.6 is 0 Å². The van der Waals surface area contributed by atoms with Crippen molar-refractivity contribution in [2.45, 2.75) is 25.8 Å². The molecule has 0 radical (unpaired) electrons. The van der Waals surface area contributed by atoms with Crippen LogP contribution in [0.4, 0.5) is 0 Å². The van der Waals surface area contributed by atoms with Gasteiger partial charge in [0.05, 0.1) is 7.11 Å². The highest BCUT2D eigenvalue weighted by Gasteiger charge is 2.20. The molecule has 0 unspecified atom stereocenters. The molecule has 0 spiro atoms. The second-order valence-electron chi connectivity index (χ2n) is 5.41. The molecule has 4 nitrogen and oxygen atoms in total. The van der Waals surface area contributed by atoms with Crippen molar-refractivity contribution in [3.05, 3.63) is 29.8 Å². The second kappa shape index (κ2) is 7.17. The molecule has 110 valence electrons. The molecule has 0 aromatic heterocycles. The van der Waals surface area contributed by atoms with Crippen molar-refractivity contribution in [2.75, 3.05) is 27.7 Å². The molecule has 0 saturated heterocycles. The van der Waals surface area contributed by atoms with Gasteiger partial charge in [0.25, 0.3) is 0 Å². The SMILES string of the molecule is CN=C(NCCC1CC1)N(C)Cc1ccc(OC)cc1. The number of nitrogens with zero attached hydrogens (tertiary/aromatic N) is 2. The summed E-state index contributed by atoms with van der Waals surface area (Å²) in [5.41, 5.74) is 1.25. The summed E-state index contributed by atoms with van der Waals surface area (Å²) in [4.78, 5) is 6.49. The molecule has 1 aliphatic rings. The molecule has 1 fully saturated rings. The van der Waals surface area contributed by atoms with Gasteiger partial charge >= 0.3 is 0 Å². The van der Waals surface area contributed by atoms with Crippen LogP contribution in [0.3, 0.4) is 0 Å². The van der Waals surface area contributed by atoms with Gasteiger partial charge in [0.15, 0.2) is 5.96 Å². The highest BCUT2D eigenvalue weighted by Crippen LogP contribution is 2.31. The fraction of sp³-hybridized carbons (Fsp3) is 0.562. The first kappa shape index (κ1) is 14.7. The maximum Gasteiger partial charge on any atom is 0.193 e. The predicted octanol–water partition coefficient (Wildman–Crippen LogP) is 2.50. The Labute approximate surface area is 121 Å². The van der Waals surface area contributed by atoms with Gasteiger partial charge in [0.1, 0.15) is 5.75 Å². The summed E-state index contributed by atoms with van der Waals surface area (Å²) in [6, 6.07) is 8.17. The van der Waals surface area contributed by atoms with Crippen molar-refractivity contribution < 1.29 is 4.74 Å². The molecule has 0 atom stereocenters. The van der Waals surface area contributed by atoms with Gasteiger partial charge in [0, 0.05) is 27.2 Å². The van der Waals surface area contributed by atoms with E-state index in [-0.39, 0.29) is 0 Å². The average Bonchev–Trinajstić information content (AvgIpc) is 3.28. The van der Waals surface area contributed by atoms with Gasteiger partial charge in [-0.2, -0.15) is 0 Å². The lowest BCUT2D eigenvalue weighted by Gasteiger charge is -2.22. The Balaban J connectivity index is 1.81. The van der Waals surface area contributed by atoms with E-state index in [1.54, 1.807) is 7.11 Å². The van der Waals surface area contributed by atoms with E-state index in [0.717, 1.165) is 30.7 Å². The topological polar surface area (TPSA) is 36.9 Å². The smallest absolute Gasteiger partial charge is 0.193 e. The highest BCUT2D eigenvalue weighted by atomic mass is 16.5. The van der Waals surface area contributed by atoms with Crippen LogP contribution in [-0.4, -0.2) is 38.6 Å². The lowest BCUT2D eigenvalue weighted by atomic mass is 10.2. The first-order valence-corrected chi connectivity index (χ1v) is 7.27. The molecule has 1 aromatic rings. The molecule has 0 bridgehead atoms. The molecule has 0 heterocycles. The zero-order valence-electron chi connectivity index (χ0n) is 12.7. The van der Waals surface area contributed by atoms with Crippen LogP contribution in [0, 0.1) is 5.92 Å². The normalized spacial score (nSPS) is 15.1. The Morgan fingerprint density at radius 1 is 1.35 bits per heavy atom. The fourth-order valence-electron chi connectivity index (χ4n) is 2.26. The minimum absolute atomic E-state index is 0.840. The minimum Gasteiger partial charge on any atom is -0.497 e. The Bertz CT molecular complexity index is 438. The Morgan fingerprint density at radius 3 is 2.60 bits per heavy atom. The quantitative estimate of drug-likeness (QED) is 0.640. The van der Waals surface area contributed by atoms with E-state index in [0.29, 0.717) is 0 Å². The van der Waals surface area contributed by atoms with Crippen molar-refractivity contribution in [2.24, 2.45) is 10.9 Å². The number of guanidine groups is 1. The number of methoxy groups -OCH3 is 1. The predicted molar refractivity (Wildman–Crippen MR) is 83.2 cm³/mol. The molecule has 1 N–H and O–H groups in total. The largest absolute Gasteiger partial charge is 0.497 e. The van der Waals surface area contributed by atoms with E-state index in [2.05, 4.69) is 34.4 Å². The highest BCUT2D eigenvalue weighted by molar-refractivity contribution is 5.79. The number of hydrogen-bond acceptors (Lipinski definition) is 2. The monoisotopic (exact) mass is 275 g/mol. The third-order valence-electron chi connectivity index (χ3n) is 3.68. The van der Waals surface area contributed by atoms with Crippen LogP contribution in [-0.2, 0) is 6.54 Å². The third-order valence-corrected chi connectivity index (χ3v) is 3.68. The molecular formula is C16H25N3O. The molecule has 1 aromatic carbocycles. The molecule has 0 aliphatic heterocycles. The van der Waals surface area contributed by atoms with Crippen LogP contribution in [0.5, 0.6) is 5.75 Å².